The summed E-state index contributed by atoms with van der Waals surface area (Å²) >= 11 is 0. The molecule has 4 heteroatoms. The van der Waals surface area contributed by atoms with Gasteiger partial charge in [-0.2, -0.15) is 0 Å². The van der Waals surface area contributed by atoms with Gasteiger partial charge in [0, 0.05) is 25.2 Å². The van der Waals surface area contributed by atoms with E-state index in [1.807, 2.05) is 43.3 Å². The number of piperidine rings is 1. The average molecular weight is 367 g/mol. The van der Waals surface area contributed by atoms with Gasteiger partial charge >= 0.3 is 0 Å². The highest BCUT2D eigenvalue weighted by molar-refractivity contribution is 5.86. The van der Waals surface area contributed by atoms with Crippen molar-refractivity contribution in [3.63, 3.8) is 0 Å². The number of aryl methyl sites for hydroxylation is 1. The fraction of sp³-hybridized carbons (Fsp3) is 0.435. The molecule has 3 rings (SSSR count). The second-order valence-electron chi connectivity index (χ2n) is 8.20. The molecule has 2 aromatic rings. The zero-order valence-electron chi connectivity index (χ0n) is 16.5. The van der Waals surface area contributed by atoms with Crippen molar-refractivity contribution in [2.45, 2.75) is 51.3 Å². The number of rotatable bonds is 6. The Morgan fingerprint density at radius 1 is 1.15 bits per heavy atom. The third-order valence-electron chi connectivity index (χ3n) is 5.48. The van der Waals surface area contributed by atoms with E-state index >= 15 is 0 Å². The summed E-state index contributed by atoms with van der Waals surface area (Å²) in [5, 5.41) is 14.5. The summed E-state index contributed by atoms with van der Waals surface area (Å²) in [6.45, 7) is 7.68. The molecule has 0 unspecified atom stereocenters. The second-order valence-corrected chi connectivity index (χ2v) is 8.20. The summed E-state index contributed by atoms with van der Waals surface area (Å²) in [5.41, 5.74) is 1.74. The number of hydrogen-bond acceptors (Lipinski definition) is 3. The lowest BCUT2D eigenvalue weighted by molar-refractivity contribution is -0.157. The normalized spacial score (nSPS) is 20.7. The molecule has 1 atom stereocenters. The Kier molecular flexibility index (Phi) is 5.68. The first-order chi connectivity index (χ1) is 12.8. The lowest BCUT2D eigenvalue weighted by atomic mass is 9.88. The number of carbonyl (C=O) groups is 1. The van der Waals surface area contributed by atoms with Crippen LogP contribution in [0.1, 0.15) is 43.4 Å². The van der Waals surface area contributed by atoms with E-state index in [9.17, 15) is 9.90 Å². The quantitative estimate of drug-likeness (QED) is 0.824. The Hall–Kier alpha value is -2.17. The number of nitrogens with one attached hydrogen (secondary N) is 1. The zero-order chi connectivity index (χ0) is 19.5. The Morgan fingerprint density at radius 2 is 1.89 bits per heavy atom. The van der Waals surface area contributed by atoms with Gasteiger partial charge in [-0.25, -0.2) is 0 Å². The molecule has 1 heterocycles. The van der Waals surface area contributed by atoms with Crippen molar-refractivity contribution >= 4 is 5.91 Å². The van der Waals surface area contributed by atoms with Gasteiger partial charge in [-0.1, -0.05) is 60.2 Å². The van der Waals surface area contributed by atoms with Crippen molar-refractivity contribution in [2.75, 3.05) is 13.1 Å². The Labute approximate surface area is 162 Å². The summed E-state index contributed by atoms with van der Waals surface area (Å²) in [7, 11) is 0. The molecule has 0 spiro atoms. The highest BCUT2D eigenvalue weighted by Crippen LogP contribution is 2.26. The molecule has 1 aliphatic heterocycles. The highest BCUT2D eigenvalue weighted by Gasteiger charge is 2.42. The number of likely N-dealkylation sites (tertiary alicyclic amines) is 1. The standard InChI is InChI=1S/C23H30N2O2/c1-18-9-7-10-19(15-18)16-25-14-8-13-23(27,21(25)26)17-24-22(2,3)20-11-5-4-6-12-20/h4-7,9-12,15,24,27H,8,13-14,16-17H2,1-3H3/t23-/m1/s1. The molecule has 0 radical (unpaired) electrons. The Balaban J connectivity index is 1.68. The fourth-order valence-electron chi connectivity index (χ4n) is 3.73. The third-order valence-corrected chi connectivity index (χ3v) is 5.48. The Bertz CT molecular complexity index is 788. The van der Waals surface area contributed by atoms with Crippen molar-refractivity contribution < 1.29 is 9.90 Å². The van der Waals surface area contributed by atoms with Crippen LogP contribution in [-0.2, 0) is 16.9 Å². The molecule has 0 bridgehead atoms. The summed E-state index contributed by atoms with van der Waals surface area (Å²) in [4.78, 5) is 14.8. The SMILES string of the molecule is Cc1cccc(CN2CCC[C@@](O)(CNC(C)(C)c3ccccc3)C2=O)c1. The van der Waals surface area contributed by atoms with E-state index in [1.54, 1.807) is 4.90 Å². The van der Waals surface area contributed by atoms with E-state index in [2.05, 4.69) is 37.4 Å². The number of amides is 1. The van der Waals surface area contributed by atoms with Crippen LogP contribution in [-0.4, -0.2) is 34.6 Å². The summed E-state index contributed by atoms with van der Waals surface area (Å²) in [6, 6.07) is 18.3. The van der Waals surface area contributed by atoms with E-state index in [1.165, 1.54) is 5.56 Å². The zero-order valence-corrected chi connectivity index (χ0v) is 16.5. The lowest BCUT2D eigenvalue weighted by Gasteiger charge is -2.40. The number of nitrogens with zero attached hydrogens (tertiary/aromatic N) is 1. The average Bonchev–Trinajstić information content (AvgIpc) is 2.65. The van der Waals surface area contributed by atoms with Crippen LogP contribution in [0.4, 0.5) is 0 Å². The summed E-state index contributed by atoms with van der Waals surface area (Å²) < 4.78 is 0. The van der Waals surface area contributed by atoms with Crippen molar-refractivity contribution in [3.8, 4) is 0 Å². The maximum absolute atomic E-state index is 13.0. The van der Waals surface area contributed by atoms with Crippen molar-refractivity contribution in [1.29, 1.82) is 0 Å². The predicted molar refractivity (Wildman–Crippen MR) is 108 cm³/mol. The van der Waals surface area contributed by atoms with Crippen molar-refractivity contribution in [2.24, 2.45) is 0 Å². The van der Waals surface area contributed by atoms with Crippen molar-refractivity contribution in [1.82, 2.24) is 10.2 Å². The maximum atomic E-state index is 13.0. The van der Waals surface area contributed by atoms with Gasteiger partial charge in [-0.3, -0.25) is 4.79 Å². The van der Waals surface area contributed by atoms with Crippen LogP contribution in [0.5, 0.6) is 0 Å². The van der Waals surface area contributed by atoms with Gasteiger partial charge in [0.2, 0.25) is 0 Å². The van der Waals surface area contributed by atoms with Crippen LogP contribution in [0.2, 0.25) is 0 Å². The van der Waals surface area contributed by atoms with Crippen molar-refractivity contribution in [3.05, 3.63) is 71.3 Å². The molecular weight excluding hydrogens is 336 g/mol. The molecule has 1 amide bonds. The number of benzene rings is 2. The molecule has 1 aliphatic rings. The number of aliphatic hydroxyl groups is 1. The molecule has 1 fully saturated rings. The number of carbonyl (C=O) groups excluding carboxylic acids is 1. The molecule has 4 nitrogen and oxygen atoms in total. The van der Waals surface area contributed by atoms with Gasteiger partial charge in [0.1, 0.15) is 0 Å². The van der Waals surface area contributed by atoms with Gasteiger partial charge in [0.25, 0.3) is 5.91 Å². The van der Waals surface area contributed by atoms with Crippen LogP contribution in [0.25, 0.3) is 0 Å². The minimum absolute atomic E-state index is 0.174. The lowest BCUT2D eigenvalue weighted by Crippen LogP contribution is -2.59. The molecule has 2 N–H and O–H groups in total. The molecule has 144 valence electrons. The first-order valence-electron chi connectivity index (χ1n) is 9.68. The molecule has 0 saturated carbocycles. The van der Waals surface area contributed by atoms with Crippen LogP contribution < -0.4 is 5.32 Å². The smallest absolute Gasteiger partial charge is 0.256 e. The monoisotopic (exact) mass is 366 g/mol. The van der Waals surface area contributed by atoms with E-state index < -0.39 is 5.60 Å². The molecule has 0 aromatic heterocycles. The molecule has 1 saturated heterocycles. The van der Waals surface area contributed by atoms with Gasteiger partial charge in [0.05, 0.1) is 0 Å². The molecular formula is C23H30N2O2. The third kappa shape index (κ3) is 4.57. The van der Waals surface area contributed by atoms with Gasteiger partial charge < -0.3 is 15.3 Å². The predicted octanol–water partition coefficient (Wildman–Crippen LogP) is 3.37. The van der Waals surface area contributed by atoms with Gasteiger partial charge in [-0.05, 0) is 44.7 Å². The Morgan fingerprint density at radius 3 is 2.59 bits per heavy atom. The van der Waals surface area contributed by atoms with Crippen LogP contribution in [0.3, 0.4) is 0 Å². The van der Waals surface area contributed by atoms with Gasteiger partial charge in [0.15, 0.2) is 5.60 Å². The second kappa shape index (κ2) is 7.83. The maximum Gasteiger partial charge on any atom is 0.256 e. The van der Waals surface area contributed by atoms with Crippen LogP contribution >= 0.6 is 0 Å². The number of hydrogen-bond donors (Lipinski definition) is 2. The van der Waals surface area contributed by atoms with Gasteiger partial charge in [-0.15, -0.1) is 0 Å². The highest BCUT2D eigenvalue weighted by atomic mass is 16.3. The topological polar surface area (TPSA) is 52.6 Å². The van der Waals surface area contributed by atoms with E-state index in [-0.39, 0.29) is 18.0 Å². The fourth-order valence-corrected chi connectivity index (χ4v) is 3.73. The van der Waals surface area contributed by atoms with Crippen LogP contribution in [0.15, 0.2) is 54.6 Å². The van der Waals surface area contributed by atoms with Crippen LogP contribution in [0, 0.1) is 6.92 Å². The minimum Gasteiger partial charge on any atom is -0.379 e. The van der Waals surface area contributed by atoms with E-state index in [0.717, 1.165) is 17.5 Å². The molecule has 0 aliphatic carbocycles. The molecule has 2 aromatic carbocycles. The summed E-state index contributed by atoms with van der Waals surface area (Å²) in [6.07, 6.45) is 1.30. The summed E-state index contributed by atoms with van der Waals surface area (Å²) in [5.74, 6) is -0.174. The largest absolute Gasteiger partial charge is 0.379 e. The van der Waals surface area contributed by atoms with E-state index in [4.69, 9.17) is 0 Å². The first kappa shape index (κ1) is 19.6. The van der Waals surface area contributed by atoms with E-state index in [0.29, 0.717) is 19.5 Å². The molecule has 27 heavy (non-hydrogen) atoms. The first-order valence-corrected chi connectivity index (χ1v) is 9.68. The minimum atomic E-state index is -1.35.